The summed E-state index contributed by atoms with van der Waals surface area (Å²) in [6, 6.07) is 5.14. The molecule has 0 aliphatic rings. The van der Waals surface area contributed by atoms with Crippen LogP contribution in [-0.4, -0.2) is 33.0 Å². The first-order valence-electron chi connectivity index (χ1n) is 7.94. The van der Waals surface area contributed by atoms with Gasteiger partial charge >= 0.3 is 12.4 Å². The third-order valence-corrected chi connectivity index (χ3v) is 5.46. The molecule has 0 aliphatic heterocycles. The highest BCUT2D eigenvalue weighted by Crippen LogP contribution is 2.37. The van der Waals surface area contributed by atoms with Gasteiger partial charge in [0.2, 0.25) is 0 Å². The smallest absolute Gasteiger partial charge is 0.416 e. The zero-order chi connectivity index (χ0) is 23.1. The normalized spacial score (nSPS) is 13.2. The summed E-state index contributed by atoms with van der Waals surface area (Å²) in [5.74, 6) is -1.10. The van der Waals surface area contributed by atoms with Gasteiger partial charge in [0.05, 0.1) is 25.2 Å². The van der Waals surface area contributed by atoms with Gasteiger partial charge in [-0.1, -0.05) is 6.07 Å². The first-order chi connectivity index (χ1) is 13.4. The van der Waals surface area contributed by atoms with Gasteiger partial charge in [-0.3, -0.25) is 4.79 Å². The maximum absolute atomic E-state index is 12.9. The Morgan fingerprint density at radius 3 is 1.87 bits per heavy atom. The number of benzene rings is 2. The van der Waals surface area contributed by atoms with Crippen molar-refractivity contribution in [3.8, 4) is 0 Å². The lowest BCUT2D eigenvalue weighted by molar-refractivity contribution is -0.143. The number of quaternary nitrogens is 1. The molecule has 0 bridgehead atoms. The number of hydrogen-bond acceptors (Lipinski definition) is 4. The molecular weight excluding hydrogens is 442 g/mol. The number of rotatable bonds is 4. The van der Waals surface area contributed by atoms with Gasteiger partial charge in [-0.05, 0) is 24.3 Å². The molecule has 2 rings (SSSR count). The van der Waals surface area contributed by atoms with Gasteiger partial charge < -0.3 is 9.87 Å². The van der Waals surface area contributed by atoms with E-state index in [0.717, 1.165) is 26.2 Å². The Balaban J connectivity index is 2.45. The number of hydrogen-bond donors (Lipinski definition) is 1. The van der Waals surface area contributed by atoms with Crippen LogP contribution in [0.1, 0.15) is 21.5 Å². The molecule has 0 aliphatic carbocycles. The minimum atomic E-state index is -5.09. The minimum absolute atomic E-state index is 0.0879. The number of carbonyl (C=O) groups excluding carboxylic acids is 1. The van der Waals surface area contributed by atoms with Gasteiger partial charge in [-0.15, -0.1) is 0 Å². The van der Waals surface area contributed by atoms with Crippen molar-refractivity contribution >= 4 is 27.6 Å². The van der Waals surface area contributed by atoms with Gasteiger partial charge in [-0.25, -0.2) is 3.89 Å². The molecule has 6 nitrogen and oxygen atoms in total. The molecule has 2 aromatic carbocycles. The molecule has 13 heteroatoms. The number of carbonyl (C=O) groups is 1. The Kier molecular flexibility index (Phi) is 5.96. The monoisotopic (exact) mass is 456 g/mol. The molecule has 0 saturated heterocycles. The van der Waals surface area contributed by atoms with Crippen LogP contribution in [0.15, 0.2) is 42.5 Å². The van der Waals surface area contributed by atoms with Crippen molar-refractivity contribution < 1.29 is 44.1 Å². The van der Waals surface area contributed by atoms with Crippen LogP contribution >= 0.6 is 0 Å². The summed E-state index contributed by atoms with van der Waals surface area (Å²) in [7, 11) is -2.84. The maximum atomic E-state index is 12.9. The van der Waals surface area contributed by atoms with Crippen molar-refractivity contribution in [1.29, 1.82) is 0 Å². The van der Waals surface area contributed by atoms with E-state index in [1.54, 1.807) is 0 Å². The van der Waals surface area contributed by atoms with Crippen molar-refractivity contribution in [1.82, 2.24) is 3.89 Å². The van der Waals surface area contributed by atoms with Crippen molar-refractivity contribution in [2.24, 2.45) is 0 Å². The van der Waals surface area contributed by atoms with Gasteiger partial charge in [-0.2, -0.15) is 34.8 Å². The van der Waals surface area contributed by atoms with Crippen molar-refractivity contribution in [2.75, 3.05) is 19.4 Å². The number of halogens is 6. The lowest BCUT2D eigenvalue weighted by Gasteiger charge is -2.30. The zero-order valence-electron chi connectivity index (χ0n) is 15.3. The first kappa shape index (κ1) is 23.6. The van der Waals surface area contributed by atoms with Crippen molar-refractivity contribution in [2.45, 2.75) is 12.4 Å². The number of nitrogens with one attached hydrogen (secondary N) is 1. The van der Waals surface area contributed by atoms with Crippen LogP contribution in [0.25, 0.3) is 0 Å². The Bertz CT molecular complexity index is 1050. The van der Waals surface area contributed by atoms with E-state index in [0.29, 0.717) is 12.1 Å². The Hall–Kier alpha value is -2.64. The van der Waals surface area contributed by atoms with E-state index < -0.39 is 49.3 Å². The number of nitrogens with zero attached hydrogens (tertiary/aromatic N) is 1. The van der Waals surface area contributed by atoms with Gasteiger partial charge in [0.1, 0.15) is 5.69 Å². The molecule has 0 fully saturated rings. The van der Waals surface area contributed by atoms with E-state index in [9.17, 15) is 44.1 Å². The predicted octanol–water partition coefficient (Wildman–Crippen LogP) is 4.00. The summed E-state index contributed by atoms with van der Waals surface area (Å²) in [5, 5.41) is 1.93. The van der Waals surface area contributed by atoms with E-state index in [4.69, 9.17) is 0 Å². The average molecular weight is 456 g/mol. The lowest BCUT2D eigenvalue weighted by atomic mass is 10.1. The van der Waals surface area contributed by atoms with E-state index >= 15 is 0 Å². The van der Waals surface area contributed by atoms with Crippen LogP contribution in [0.5, 0.6) is 0 Å². The molecule has 0 atom stereocenters. The SMILES string of the molecule is C[N+](C)(c1cccc(C(=O)Nc2cc(C(F)(F)F)cc(C(F)(F)F)c2)c1)S(=O)(=O)[O-]. The summed E-state index contributed by atoms with van der Waals surface area (Å²) in [4.78, 5) is 12.4. The Labute approximate surface area is 167 Å². The van der Waals surface area contributed by atoms with Crippen LogP contribution in [-0.2, 0) is 22.7 Å². The fourth-order valence-corrected chi connectivity index (χ4v) is 2.71. The second kappa shape index (κ2) is 7.56. The molecule has 0 radical (unpaired) electrons. The number of anilines is 1. The molecule has 0 heterocycles. The molecule has 0 saturated carbocycles. The fraction of sp³-hybridized carbons (Fsp3) is 0.235. The molecule has 164 valence electrons. The van der Waals surface area contributed by atoms with Gasteiger partial charge in [0.15, 0.2) is 0 Å². The highest BCUT2D eigenvalue weighted by Gasteiger charge is 2.37. The van der Waals surface area contributed by atoms with Crippen LogP contribution in [0, 0.1) is 0 Å². The largest absolute Gasteiger partial charge is 0.701 e. The minimum Gasteiger partial charge on any atom is -0.701 e. The second-order valence-corrected chi connectivity index (χ2v) is 8.35. The standard InChI is InChI=1S/C17H14F6N2O4S/c1-25(2,30(27,28)29)14-5-3-4-10(6-14)15(26)24-13-8-11(16(18,19)20)7-12(9-13)17(21,22)23/h3-9H,1-2H3,(H-,24,26,27,28,29). The molecule has 2 aromatic rings. The summed E-state index contributed by atoms with van der Waals surface area (Å²) in [5.41, 5.74) is -4.42. The summed E-state index contributed by atoms with van der Waals surface area (Å²) < 4.78 is 111. The van der Waals surface area contributed by atoms with E-state index in [1.165, 1.54) is 12.1 Å². The maximum Gasteiger partial charge on any atom is 0.416 e. The van der Waals surface area contributed by atoms with E-state index in [-0.39, 0.29) is 17.3 Å². The number of alkyl halides is 6. The summed E-state index contributed by atoms with van der Waals surface area (Å²) in [6.45, 7) is 0. The Morgan fingerprint density at radius 2 is 1.43 bits per heavy atom. The van der Waals surface area contributed by atoms with Crippen LogP contribution in [0.3, 0.4) is 0 Å². The Morgan fingerprint density at radius 1 is 0.933 bits per heavy atom. The third kappa shape index (κ3) is 5.09. The summed E-state index contributed by atoms with van der Waals surface area (Å²) in [6.07, 6.45) is -10.2. The summed E-state index contributed by atoms with van der Waals surface area (Å²) >= 11 is 0. The third-order valence-electron chi connectivity index (χ3n) is 4.13. The molecule has 0 unspecified atom stereocenters. The van der Waals surface area contributed by atoms with Gasteiger partial charge in [0.25, 0.3) is 16.2 Å². The highest BCUT2D eigenvalue weighted by molar-refractivity contribution is 7.85. The fourth-order valence-electron chi connectivity index (χ4n) is 2.34. The second-order valence-electron chi connectivity index (χ2n) is 6.58. The lowest BCUT2D eigenvalue weighted by Crippen LogP contribution is -2.46. The van der Waals surface area contributed by atoms with E-state index in [1.807, 2.05) is 5.32 Å². The molecule has 1 amide bonds. The molecule has 0 spiro atoms. The van der Waals surface area contributed by atoms with Crippen LogP contribution < -0.4 is 9.21 Å². The quantitative estimate of drug-likeness (QED) is 0.428. The number of amides is 1. The molecule has 0 aromatic heterocycles. The van der Waals surface area contributed by atoms with Crippen LogP contribution in [0.2, 0.25) is 0 Å². The zero-order valence-corrected chi connectivity index (χ0v) is 16.1. The highest BCUT2D eigenvalue weighted by atomic mass is 32.2. The van der Waals surface area contributed by atoms with Crippen molar-refractivity contribution in [3.05, 3.63) is 59.2 Å². The average Bonchev–Trinajstić information content (AvgIpc) is 2.59. The molecule has 1 N–H and O–H groups in total. The molecule has 30 heavy (non-hydrogen) atoms. The molecular formula is C17H14F6N2O4S. The topological polar surface area (TPSA) is 86.3 Å². The first-order valence-corrected chi connectivity index (χ1v) is 9.31. The van der Waals surface area contributed by atoms with E-state index in [2.05, 4.69) is 0 Å². The van der Waals surface area contributed by atoms with Gasteiger partial charge in [0, 0.05) is 23.4 Å². The van der Waals surface area contributed by atoms with Crippen molar-refractivity contribution in [3.63, 3.8) is 0 Å². The predicted molar refractivity (Wildman–Crippen MR) is 94.2 cm³/mol. The van der Waals surface area contributed by atoms with Crippen LogP contribution in [0.4, 0.5) is 37.7 Å².